The Morgan fingerprint density at radius 2 is 2.00 bits per heavy atom. The van der Waals surface area contributed by atoms with Gasteiger partial charge in [0.15, 0.2) is 0 Å². The fraction of sp³-hybridized carbons (Fsp3) is 0.800. The summed E-state index contributed by atoms with van der Waals surface area (Å²) in [5.41, 5.74) is 0. The SMILES string of the molecule is [C]#CC(C)CCCCCC. The van der Waals surface area contributed by atoms with Crippen molar-refractivity contribution >= 4 is 0 Å². The molecule has 0 nitrogen and oxygen atoms in total. The third-order valence-corrected chi connectivity index (χ3v) is 1.74. The predicted octanol–water partition coefficient (Wildman–Crippen LogP) is 3.18. The Hall–Kier alpha value is -0.440. The normalized spacial score (nSPS) is 12.5. The minimum atomic E-state index is 0.372. The van der Waals surface area contributed by atoms with Crippen LogP contribution < -0.4 is 0 Å². The van der Waals surface area contributed by atoms with Crippen LogP contribution in [0.25, 0.3) is 0 Å². The molecule has 0 heteroatoms. The number of unbranched alkanes of at least 4 members (excludes halogenated alkanes) is 3. The Balaban J connectivity index is 2.98. The summed E-state index contributed by atoms with van der Waals surface area (Å²) in [5.74, 6) is 2.86. The van der Waals surface area contributed by atoms with Gasteiger partial charge in [0.05, 0.1) is 0 Å². The van der Waals surface area contributed by atoms with E-state index in [0.29, 0.717) is 5.92 Å². The molecular weight excluding hydrogens is 120 g/mol. The number of rotatable bonds is 5. The maximum absolute atomic E-state index is 6.84. The van der Waals surface area contributed by atoms with E-state index in [-0.39, 0.29) is 0 Å². The van der Waals surface area contributed by atoms with Crippen LogP contribution in [0.15, 0.2) is 0 Å². The molecule has 0 rings (SSSR count). The summed E-state index contributed by atoms with van der Waals surface area (Å²) in [6.45, 7) is 4.27. The van der Waals surface area contributed by atoms with Gasteiger partial charge in [0.1, 0.15) is 0 Å². The minimum Gasteiger partial charge on any atom is -0.0860 e. The van der Waals surface area contributed by atoms with Gasteiger partial charge in [-0.2, -0.15) is 0 Å². The molecule has 0 aliphatic carbocycles. The van der Waals surface area contributed by atoms with Gasteiger partial charge >= 0.3 is 0 Å². The summed E-state index contributed by atoms with van der Waals surface area (Å²) in [5, 5.41) is 0. The molecule has 0 fully saturated rings. The van der Waals surface area contributed by atoms with Crippen molar-refractivity contribution in [2.75, 3.05) is 0 Å². The van der Waals surface area contributed by atoms with E-state index in [9.17, 15) is 0 Å². The van der Waals surface area contributed by atoms with E-state index >= 15 is 0 Å². The van der Waals surface area contributed by atoms with Crippen LogP contribution in [0.5, 0.6) is 0 Å². The Labute approximate surface area is 65.0 Å². The summed E-state index contributed by atoms with van der Waals surface area (Å²) in [4.78, 5) is 0. The van der Waals surface area contributed by atoms with Gasteiger partial charge in [-0.25, -0.2) is 0 Å². The van der Waals surface area contributed by atoms with E-state index < -0.39 is 0 Å². The zero-order valence-electron chi connectivity index (χ0n) is 7.11. The van der Waals surface area contributed by atoms with Crippen LogP contribution in [0.3, 0.4) is 0 Å². The second kappa shape index (κ2) is 6.68. The van der Waals surface area contributed by atoms with Crippen molar-refractivity contribution in [1.29, 1.82) is 0 Å². The molecule has 57 valence electrons. The van der Waals surface area contributed by atoms with Crippen LogP contribution in [0.2, 0.25) is 0 Å². The first-order valence-corrected chi connectivity index (χ1v) is 4.23. The highest BCUT2D eigenvalue weighted by atomic mass is 14.0. The first-order chi connectivity index (χ1) is 4.81. The van der Waals surface area contributed by atoms with Crippen LogP contribution in [0.1, 0.15) is 46.0 Å². The molecule has 0 saturated carbocycles. The molecule has 0 saturated heterocycles. The summed E-state index contributed by atoms with van der Waals surface area (Å²) >= 11 is 0. The van der Waals surface area contributed by atoms with Crippen LogP contribution in [0, 0.1) is 18.3 Å². The summed E-state index contributed by atoms with van der Waals surface area (Å²) in [6.07, 6.45) is 13.2. The quantitative estimate of drug-likeness (QED) is 0.403. The van der Waals surface area contributed by atoms with Crippen molar-refractivity contribution in [2.45, 2.75) is 46.0 Å². The van der Waals surface area contributed by atoms with E-state index in [1.807, 2.05) is 0 Å². The Morgan fingerprint density at radius 3 is 2.50 bits per heavy atom. The van der Waals surface area contributed by atoms with Gasteiger partial charge in [-0.15, -0.1) is 0 Å². The van der Waals surface area contributed by atoms with E-state index in [1.165, 1.54) is 25.7 Å². The minimum absolute atomic E-state index is 0.372. The summed E-state index contributed by atoms with van der Waals surface area (Å²) in [6, 6.07) is 0. The van der Waals surface area contributed by atoms with Crippen molar-refractivity contribution in [1.82, 2.24) is 0 Å². The molecule has 0 aromatic carbocycles. The topological polar surface area (TPSA) is 0 Å². The largest absolute Gasteiger partial charge is 0.0860 e. The summed E-state index contributed by atoms with van der Waals surface area (Å²) in [7, 11) is 0. The second-order valence-electron chi connectivity index (χ2n) is 2.89. The lowest BCUT2D eigenvalue weighted by Gasteiger charge is -2.01. The molecule has 0 aromatic rings. The highest BCUT2D eigenvalue weighted by Crippen LogP contribution is 2.08. The van der Waals surface area contributed by atoms with Crippen LogP contribution in [-0.2, 0) is 0 Å². The molecule has 0 aromatic heterocycles. The third kappa shape index (κ3) is 5.69. The van der Waals surface area contributed by atoms with E-state index in [2.05, 4.69) is 19.8 Å². The molecule has 0 heterocycles. The monoisotopic (exact) mass is 137 g/mol. The predicted molar refractivity (Wildman–Crippen MR) is 45.1 cm³/mol. The lowest BCUT2D eigenvalue weighted by molar-refractivity contribution is 0.571. The zero-order chi connectivity index (χ0) is 7.82. The number of hydrogen-bond acceptors (Lipinski definition) is 0. The van der Waals surface area contributed by atoms with Crippen molar-refractivity contribution in [3.8, 4) is 5.92 Å². The fourth-order valence-corrected chi connectivity index (χ4v) is 0.949. The maximum Gasteiger partial charge on any atom is 0.0184 e. The van der Waals surface area contributed by atoms with E-state index in [4.69, 9.17) is 6.42 Å². The van der Waals surface area contributed by atoms with Gasteiger partial charge in [-0.1, -0.05) is 45.5 Å². The second-order valence-corrected chi connectivity index (χ2v) is 2.89. The standard InChI is InChI=1S/C10H17/c1-4-6-7-8-9-10(3)5-2/h10H,4,6-9H2,1,3H3. The third-order valence-electron chi connectivity index (χ3n) is 1.74. The van der Waals surface area contributed by atoms with Crippen molar-refractivity contribution < 1.29 is 0 Å². The Morgan fingerprint density at radius 1 is 1.30 bits per heavy atom. The first-order valence-electron chi connectivity index (χ1n) is 4.23. The van der Waals surface area contributed by atoms with Gasteiger partial charge in [-0.05, 0) is 12.8 Å². The van der Waals surface area contributed by atoms with Crippen molar-refractivity contribution in [3.63, 3.8) is 0 Å². The zero-order valence-corrected chi connectivity index (χ0v) is 7.11. The molecule has 0 aliphatic heterocycles. The van der Waals surface area contributed by atoms with Gasteiger partial charge in [-0.3, -0.25) is 0 Å². The lowest BCUT2D eigenvalue weighted by Crippen LogP contribution is -1.88. The average molecular weight is 137 g/mol. The van der Waals surface area contributed by atoms with E-state index in [1.54, 1.807) is 0 Å². The highest BCUT2D eigenvalue weighted by molar-refractivity contribution is 4.82. The molecule has 0 spiro atoms. The molecular formula is C10H17. The molecule has 0 aliphatic rings. The maximum atomic E-state index is 6.84. The van der Waals surface area contributed by atoms with Crippen molar-refractivity contribution in [3.05, 3.63) is 6.42 Å². The van der Waals surface area contributed by atoms with Gasteiger partial charge < -0.3 is 0 Å². The number of hydrogen-bond donors (Lipinski definition) is 0. The molecule has 0 amide bonds. The lowest BCUT2D eigenvalue weighted by atomic mass is 10.0. The molecule has 1 atom stereocenters. The Bertz CT molecular complexity index is 97.1. The molecule has 1 unspecified atom stereocenters. The molecule has 0 bridgehead atoms. The van der Waals surface area contributed by atoms with Gasteiger partial charge in [0.2, 0.25) is 0 Å². The molecule has 10 heavy (non-hydrogen) atoms. The van der Waals surface area contributed by atoms with Crippen LogP contribution in [0.4, 0.5) is 0 Å². The van der Waals surface area contributed by atoms with Crippen molar-refractivity contribution in [2.24, 2.45) is 5.92 Å². The van der Waals surface area contributed by atoms with Crippen LogP contribution >= 0.6 is 0 Å². The Kier molecular flexibility index (Phi) is 6.38. The van der Waals surface area contributed by atoms with Gasteiger partial charge in [0, 0.05) is 5.92 Å². The average Bonchev–Trinajstić information content (AvgIpc) is 1.98. The van der Waals surface area contributed by atoms with Gasteiger partial charge in [0.25, 0.3) is 0 Å². The molecule has 1 radical (unpaired) electrons. The fourth-order valence-electron chi connectivity index (χ4n) is 0.949. The molecule has 0 N–H and O–H groups in total. The van der Waals surface area contributed by atoms with E-state index in [0.717, 1.165) is 6.42 Å². The first kappa shape index (κ1) is 9.56. The van der Waals surface area contributed by atoms with Crippen LogP contribution in [-0.4, -0.2) is 0 Å². The highest BCUT2D eigenvalue weighted by Gasteiger charge is 1.94. The smallest absolute Gasteiger partial charge is 0.0184 e. The summed E-state index contributed by atoms with van der Waals surface area (Å²) < 4.78 is 0.